The summed E-state index contributed by atoms with van der Waals surface area (Å²) in [6.45, 7) is 7.92. The molecule has 1 saturated heterocycles. The average molecular weight is 233 g/mol. The van der Waals surface area contributed by atoms with E-state index in [2.05, 4.69) is 12.2 Å². The van der Waals surface area contributed by atoms with Gasteiger partial charge < -0.3 is 10.2 Å². The summed E-state index contributed by atoms with van der Waals surface area (Å²) in [5.74, 6) is 0.108. The maximum atomic E-state index is 11.8. The van der Waals surface area contributed by atoms with Crippen molar-refractivity contribution in [1.29, 1.82) is 0 Å². The lowest BCUT2D eigenvalue weighted by Gasteiger charge is -2.34. The molecule has 0 aromatic heterocycles. The number of nitrogens with zero attached hydrogens (tertiary/aromatic N) is 1. The van der Waals surface area contributed by atoms with Crippen molar-refractivity contribution in [2.45, 2.75) is 32.7 Å². The Bertz CT molecular complexity index is 253. The fraction of sp³-hybridized carbons (Fsp3) is 0.727. The summed E-state index contributed by atoms with van der Waals surface area (Å²) in [4.78, 5) is 13.6. The molecular formula is C11H21ClN2O. The summed E-state index contributed by atoms with van der Waals surface area (Å²) in [5.41, 5.74) is 1.04. The van der Waals surface area contributed by atoms with Gasteiger partial charge in [-0.3, -0.25) is 4.79 Å². The molecule has 1 unspecified atom stereocenters. The summed E-state index contributed by atoms with van der Waals surface area (Å²) >= 11 is 0. The number of amides is 1. The molecule has 0 radical (unpaired) electrons. The number of rotatable bonds is 2. The lowest BCUT2D eigenvalue weighted by atomic mass is 9.99. The standard InChI is InChI=1S/C11H20N2O.ClH/c1-9(2)7-10(14)13(4)11(3)5-6-12-8-11;/h7,12H,5-6,8H2,1-4H3;1H. The molecule has 0 spiro atoms. The first-order valence-corrected chi connectivity index (χ1v) is 5.09. The molecular weight excluding hydrogens is 212 g/mol. The van der Waals surface area contributed by atoms with E-state index < -0.39 is 0 Å². The van der Waals surface area contributed by atoms with Crippen LogP contribution in [-0.4, -0.2) is 36.5 Å². The Kier molecular flexibility index (Phi) is 5.32. The predicted molar refractivity (Wildman–Crippen MR) is 65.3 cm³/mol. The summed E-state index contributed by atoms with van der Waals surface area (Å²) in [7, 11) is 1.88. The number of halogens is 1. The average Bonchev–Trinajstić information content (AvgIpc) is 2.51. The van der Waals surface area contributed by atoms with Gasteiger partial charge in [0.15, 0.2) is 0 Å². The molecule has 1 amide bonds. The first-order chi connectivity index (χ1) is 6.46. The van der Waals surface area contributed by atoms with Crippen LogP contribution in [0.5, 0.6) is 0 Å². The van der Waals surface area contributed by atoms with Crippen molar-refractivity contribution in [2.75, 3.05) is 20.1 Å². The number of carbonyl (C=O) groups is 1. The van der Waals surface area contributed by atoms with Gasteiger partial charge in [-0.25, -0.2) is 0 Å². The monoisotopic (exact) mass is 232 g/mol. The summed E-state index contributed by atoms with van der Waals surface area (Å²) in [5, 5.41) is 3.29. The zero-order valence-corrected chi connectivity index (χ0v) is 10.8. The highest BCUT2D eigenvalue weighted by Gasteiger charge is 2.34. The second-order valence-electron chi connectivity index (χ2n) is 4.54. The van der Waals surface area contributed by atoms with Crippen molar-refractivity contribution in [3.05, 3.63) is 11.6 Å². The molecule has 4 heteroatoms. The largest absolute Gasteiger partial charge is 0.335 e. The van der Waals surface area contributed by atoms with Gasteiger partial charge >= 0.3 is 0 Å². The van der Waals surface area contributed by atoms with E-state index >= 15 is 0 Å². The number of allylic oxidation sites excluding steroid dienone is 1. The number of hydrogen-bond acceptors (Lipinski definition) is 2. The minimum atomic E-state index is -0.0109. The van der Waals surface area contributed by atoms with Crippen molar-refractivity contribution < 1.29 is 4.79 Å². The molecule has 1 rings (SSSR count). The topological polar surface area (TPSA) is 32.3 Å². The Morgan fingerprint density at radius 3 is 2.47 bits per heavy atom. The number of likely N-dealkylation sites (N-methyl/N-ethyl adjacent to an activating group) is 1. The zero-order valence-electron chi connectivity index (χ0n) is 9.96. The molecule has 1 N–H and O–H groups in total. The van der Waals surface area contributed by atoms with Crippen LogP contribution >= 0.6 is 12.4 Å². The Hall–Kier alpha value is -0.540. The smallest absolute Gasteiger partial charge is 0.246 e. The Morgan fingerprint density at radius 1 is 1.47 bits per heavy atom. The normalized spacial score (nSPS) is 24.3. The maximum absolute atomic E-state index is 11.8. The van der Waals surface area contributed by atoms with Crippen LogP contribution in [0.3, 0.4) is 0 Å². The molecule has 0 aromatic carbocycles. The molecule has 0 bridgehead atoms. The van der Waals surface area contributed by atoms with Crippen LogP contribution in [0.2, 0.25) is 0 Å². The van der Waals surface area contributed by atoms with Gasteiger partial charge in [0.2, 0.25) is 5.91 Å². The SMILES string of the molecule is CC(C)=CC(=O)N(C)C1(C)CCNC1.Cl. The van der Waals surface area contributed by atoms with Crippen LogP contribution in [-0.2, 0) is 4.79 Å². The van der Waals surface area contributed by atoms with E-state index in [0.29, 0.717) is 0 Å². The van der Waals surface area contributed by atoms with Crippen LogP contribution in [0, 0.1) is 0 Å². The maximum Gasteiger partial charge on any atom is 0.246 e. The van der Waals surface area contributed by atoms with Crippen LogP contribution < -0.4 is 5.32 Å². The predicted octanol–water partition coefficient (Wildman–Crippen LogP) is 1.58. The van der Waals surface area contributed by atoms with Gasteiger partial charge in [0.25, 0.3) is 0 Å². The van der Waals surface area contributed by atoms with E-state index in [1.165, 1.54) is 0 Å². The minimum absolute atomic E-state index is 0. The van der Waals surface area contributed by atoms with Crippen LogP contribution in [0.25, 0.3) is 0 Å². The van der Waals surface area contributed by atoms with Gasteiger partial charge in [-0.05, 0) is 33.7 Å². The van der Waals surface area contributed by atoms with Crippen LogP contribution in [0.4, 0.5) is 0 Å². The molecule has 15 heavy (non-hydrogen) atoms. The molecule has 1 aliphatic rings. The van der Waals surface area contributed by atoms with Gasteiger partial charge in [0.05, 0.1) is 5.54 Å². The quantitative estimate of drug-likeness (QED) is 0.734. The highest BCUT2D eigenvalue weighted by molar-refractivity contribution is 5.88. The molecule has 1 atom stereocenters. The second kappa shape index (κ2) is 5.52. The molecule has 1 aliphatic heterocycles. The van der Waals surface area contributed by atoms with Crippen molar-refractivity contribution in [3.63, 3.8) is 0 Å². The van der Waals surface area contributed by atoms with Crippen molar-refractivity contribution in [2.24, 2.45) is 0 Å². The third-order valence-electron chi connectivity index (χ3n) is 2.90. The Labute approximate surface area is 98.3 Å². The highest BCUT2D eigenvalue weighted by atomic mass is 35.5. The van der Waals surface area contributed by atoms with Crippen LogP contribution in [0.15, 0.2) is 11.6 Å². The number of carbonyl (C=O) groups excluding carboxylic acids is 1. The highest BCUT2D eigenvalue weighted by Crippen LogP contribution is 2.21. The van der Waals surface area contributed by atoms with Crippen LogP contribution in [0.1, 0.15) is 27.2 Å². The van der Waals surface area contributed by atoms with E-state index in [1.807, 2.05) is 25.8 Å². The van der Waals surface area contributed by atoms with Crippen molar-refractivity contribution in [1.82, 2.24) is 10.2 Å². The lowest BCUT2D eigenvalue weighted by Crippen LogP contribution is -2.48. The first-order valence-electron chi connectivity index (χ1n) is 5.09. The summed E-state index contributed by atoms with van der Waals surface area (Å²) in [6.07, 6.45) is 2.73. The molecule has 0 aliphatic carbocycles. The Balaban J connectivity index is 0.00000196. The summed E-state index contributed by atoms with van der Waals surface area (Å²) < 4.78 is 0. The third-order valence-corrected chi connectivity index (χ3v) is 2.90. The fourth-order valence-electron chi connectivity index (χ4n) is 1.70. The minimum Gasteiger partial charge on any atom is -0.335 e. The van der Waals surface area contributed by atoms with E-state index in [1.54, 1.807) is 6.08 Å². The zero-order chi connectivity index (χ0) is 10.8. The van der Waals surface area contributed by atoms with Gasteiger partial charge in [-0.15, -0.1) is 12.4 Å². The molecule has 88 valence electrons. The first kappa shape index (κ1) is 14.5. The van der Waals surface area contributed by atoms with E-state index in [4.69, 9.17) is 0 Å². The van der Waals surface area contributed by atoms with Crippen molar-refractivity contribution in [3.8, 4) is 0 Å². The van der Waals surface area contributed by atoms with Gasteiger partial charge in [-0.2, -0.15) is 0 Å². The van der Waals surface area contributed by atoms with Gasteiger partial charge in [0.1, 0.15) is 0 Å². The number of nitrogens with one attached hydrogen (secondary N) is 1. The van der Waals surface area contributed by atoms with Gasteiger partial charge in [0, 0.05) is 19.7 Å². The van der Waals surface area contributed by atoms with Gasteiger partial charge in [-0.1, -0.05) is 5.57 Å². The second-order valence-corrected chi connectivity index (χ2v) is 4.54. The van der Waals surface area contributed by atoms with E-state index in [-0.39, 0.29) is 23.9 Å². The van der Waals surface area contributed by atoms with E-state index in [9.17, 15) is 4.79 Å². The van der Waals surface area contributed by atoms with E-state index in [0.717, 1.165) is 25.1 Å². The fourth-order valence-corrected chi connectivity index (χ4v) is 1.70. The summed E-state index contributed by atoms with van der Waals surface area (Å²) in [6, 6.07) is 0. The Morgan fingerprint density at radius 2 is 2.07 bits per heavy atom. The number of hydrogen-bond donors (Lipinski definition) is 1. The molecule has 0 aromatic rings. The molecule has 3 nitrogen and oxygen atoms in total. The molecule has 1 fully saturated rings. The lowest BCUT2D eigenvalue weighted by molar-refractivity contribution is -0.129. The molecule has 1 heterocycles. The van der Waals surface area contributed by atoms with Crippen molar-refractivity contribution >= 4 is 18.3 Å². The third kappa shape index (κ3) is 3.50. The molecule has 0 saturated carbocycles.